The summed E-state index contributed by atoms with van der Waals surface area (Å²) in [5.74, 6) is 0.0277. The summed E-state index contributed by atoms with van der Waals surface area (Å²) in [5, 5.41) is 0. The molecule has 0 radical (unpaired) electrons. The van der Waals surface area contributed by atoms with Crippen LogP contribution in [0.15, 0.2) is 22.9 Å². The van der Waals surface area contributed by atoms with Crippen LogP contribution in [0, 0.1) is 0 Å². The van der Waals surface area contributed by atoms with Crippen molar-refractivity contribution in [2.45, 2.75) is 19.4 Å². The van der Waals surface area contributed by atoms with E-state index in [9.17, 15) is 4.79 Å². The number of pyridine rings is 1. The zero-order valence-electron chi connectivity index (χ0n) is 7.33. The third-order valence-corrected chi connectivity index (χ3v) is 2.08. The van der Waals surface area contributed by atoms with Crippen molar-refractivity contribution in [2.24, 2.45) is 5.73 Å². The minimum atomic E-state index is -0.404. The first-order chi connectivity index (χ1) is 6.09. The Kier molecular flexibility index (Phi) is 3.57. The lowest BCUT2D eigenvalue weighted by atomic mass is 10.1. The van der Waals surface area contributed by atoms with Crippen LogP contribution in [0.2, 0.25) is 0 Å². The number of nitrogens with two attached hydrogens (primary N) is 1. The first-order valence-corrected chi connectivity index (χ1v) is 4.76. The Bertz CT molecular complexity index is 312. The fraction of sp³-hybridized carbons (Fsp3) is 0.333. The standard InChI is InChI=1S/C9H11BrN2O/c1-6(11)9(13)3-7-2-8(10)5-12-4-7/h2,4-6H,3,11H2,1H3. The molecule has 0 spiro atoms. The molecule has 1 atom stereocenters. The van der Waals surface area contributed by atoms with Gasteiger partial charge in [0.25, 0.3) is 0 Å². The van der Waals surface area contributed by atoms with Gasteiger partial charge in [0.2, 0.25) is 0 Å². The maximum atomic E-state index is 11.3. The van der Waals surface area contributed by atoms with E-state index in [4.69, 9.17) is 5.73 Å². The molecule has 1 rings (SSSR count). The van der Waals surface area contributed by atoms with Crippen molar-refractivity contribution in [3.8, 4) is 0 Å². The SMILES string of the molecule is CC(N)C(=O)Cc1cncc(Br)c1. The third-order valence-electron chi connectivity index (χ3n) is 1.65. The highest BCUT2D eigenvalue weighted by molar-refractivity contribution is 9.10. The van der Waals surface area contributed by atoms with E-state index in [1.54, 1.807) is 19.3 Å². The van der Waals surface area contributed by atoms with Crippen LogP contribution in [0.3, 0.4) is 0 Å². The molecule has 3 nitrogen and oxygen atoms in total. The van der Waals surface area contributed by atoms with Gasteiger partial charge in [-0.2, -0.15) is 0 Å². The molecule has 0 bridgehead atoms. The number of carbonyl (C=O) groups is 1. The van der Waals surface area contributed by atoms with Gasteiger partial charge in [0.15, 0.2) is 5.78 Å². The highest BCUT2D eigenvalue weighted by atomic mass is 79.9. The van der Waals surface area contributed by atoms with Crippen molar-refractivity contribution in [2.75, 3.05) is 0 Å². The lowest BCUT2D eigenvalue weighted by Crippen LogP contribution is -2.28. The van der Waals surface area contributed by atoms with Crippen LogP contribution in [0.4, 0.5) is 0 Å². The molecule has 0 saturated carbocycles. The molecular formula is C9H11BrN2O. The Morgan fingerprint density at radius 2 is 2.38 bits per heavy atom. The number of hydrogen-bond donors (Lipinski definition) is 1. The van der Waals surface area contributed by atoms with Crippen molar-refractivity contribution in [3.05, 3.63) is 28.5 Å². The topological polar surface area (TPSA) is 56.0 Å². The van der Waals surface area contributed by atoms with Gasteiger partial charge in [-0.15, -0.1) is 0 Å². The number of halogens is 1. The molecular weight excluding hydrogens is 232 g/mol. The van der Waals surface area contributed by atoms with E-state index in [1.807, 2.05) is 6.07 Å². The summed E-state index contributed by atoms with van der Waals surface area (Å²) in [6, 6.07) is 1.46. The third kappa shape index (κ3) is 3.24. The van der Waals surface area contributed by atoms with Crippen molar-refractivity contribution in [1.82, 2.24) is 4.98 Å². The molecule has 2 N–H and O–H groups in total. The van der Waals surface area contributed by atoms with Crippen LogP contribution < -0.4 is 5.73 Å². The number of aromatic nitrogens is 1. The lowest BCUT2D eigenvalue weighted by Gasteiger charge is -2.03. The van der Waals surface area contributed by atoms with Gasteiger partial charge < -0.3 is 5.73 Å². The minimum absolute atomic E-state index is 0.0277. The van der Waals surface area contributed by atoms with Gasteiger partial charge in [-0.25, -0.2) is 0 Å². The van der Waals surface area contributed by atoms with Crippen LogP contribution >= 0.6 is 15.9 Å². The number of ketones is 1. The number of hydrogen-bond acceptors (Lipinski definition) is 3. The zero-order valence-corrected chi connectivity index (χ0v) is 8.91. The van der Waals surface area contributed by atoms with Crippen molar-refractivity contribution < 1.29 is 4.79 Å². The second-order valence-corrected chi connectivity index (χ2v) is 3.86. The van der Waals surface area contributed by atoms with Gasteiger partial charge in [-0.05, 0) is 34.5 Å². The maximum absolute atomic E-state index is 11.3. The summed E-state index contributed by atoms with van der Waals surface area (Å²) in [7, 11) is 0. The molecule has 0 aromatic carbocycles. The molecule has 1 aromatic heterocycles. The number of nitrogens with zero attached hydrogens (tertiary/aromatic N) is 1. The molecule has 0 amide bonds. The number of rotatable bonds is 3. The van der Waals surface area contributed by atoms with E-state index in [0.717, 1.165) is 10.0 Å². The molecule has 0 fully saturated rings. The predicted octanol–water partition coefficient (Wildman–Crippen LogP) is 1.30. The number of Topliss-reactive ketones (excluding diaryl/α,β-unsaturated/α-hetero) is 1. The summed E-state index contributed by atoms with van der Waals surface area (Å²) in [6.07, 6.45) is 3.70. The summed E-state index contributed by atoms with van der Waals surface area (Å²) in [4.78, 5) is 15.2. The molecule has 0 saturated heterocycles. The molecule has 0 aliphatic carbocycles. The monoisotopic (exact) mass is 242 g/mol. The maximum Gasteiger partial charge on any atom is 0.153 e. The van der Waals surface area contributed by atoms with Crippen LogP contribution in [-0.2, 0) is 11.2 Å². The smallest absolute Gasteiger partial charge is 0.153 e. The first-order valence-electron chi connectivity index (χ1n) is 3.97. The minimum Gasteiger partial charge on any atom is -0.322 e. The fourth-order valence-electron chi connectivity index (χ4n) is 0.915. The van der Waals surface area contributed by atoms with Gasteiger partial charge in [-0.1, -0.05) is 0 Å². The average molecular weight is 243 g/mol. The predicted molar refractivity (Wildman–Crippen MR) is 54.3 cm³/mol. The molecule has 0 aliphatic rings. The van der Waals surface area contributed by atoms with E-state index in [-0.39, 0.29) is 5.78 Å². The average Bonchev–Trinajstić information content (AvgIpc) is 2.04. The molecule has 13 heavy (non-hydrogen) atoms. The molecule has 1 unspecified atom stereocenters. The summed E-state index contributed by atoms with van der Waals surface area (Å²) >= 11 is 3.28. The molecule has 1 heterocycles. The van der Waals surface area contributed by atoms with Crippen molar-refractivity contribution >= 4 is 21.7 Å². The Balaban J connectivity index is 2.69. The highest BCUT2D eigenvalue weighted by Gasteiger charge is 2.08. The largest absolute Gasteiger partial charge is 0.322 e. The van der Waals surface area contributed by atoms with Crippen molar-refractivity contribution in [3.63, 3.8) is 0 Å². The van der Waals surface area contributed by atoms with E-state index >= 15 is 0 Å². The molecule has 0 aliphatic heterocycles. The second-order valence-electron chi connectivity index (χ2n) is 2.94. The van der Waals surface area contributed by atoms with Crippen molar-refractivity contribution in [1.29, 1.82) is 0 Å². The first kappa shape index (κ1) is 10.3. The summed E-state index contributed by atoms with van der Waals surface area (Å²) in [5.41, 5.74) is 6.33. The summed E-state index contributed by atoms with van der Waals surface area (Å²) in [6.45, 7) is 1.69. The van der Waals surface area contributed by atoms with Crippen LogP contribution in [0.25, 0.3) is 0 Å². The molecule has 1 aromatic rings. The van der Waals surface area contributed by atoms with Gasteiger partial charge in [0.1, 0.15) is 0 Å². The number of carbonyl (C=O) groups excluding carboxylic acids is 1. The molecule has 70 valence electrons. The quantitative estimate of drug-likeness (QED) is 0.870. The van der Waals surface area contributed by atoms with Gasteiger partial charge in [0.05, 0.1) is 6.04 Å². The van der Waals surface area contributed by atoms with E-state index in [0.29, 0.717) is 6.42 Å². The second kappa shape index (κ2) is 4.48. The van der Waals surface area contributed by atoms with Crippen LogP contribution in [-0.4, -0.2) is 16.8 Å². The Hall–Kier alpha value is -0.740. The Morgan fingerprint density at radius 3 is 2.92 bits per heavy atom. The van der Waals surface area contributed by atoms with Gasteiger partial charge in [0, 0.05) is 23.3 Å². The Morgan fingerprint density at radius 1 is 1.69 bits per heavy atom. The van der Waals surface area contributed by atoms with Gasteiger partial charge >= 0.3 is 0 Å². The fourth-order valence-corrected chi connectivity index (χ4v) is 1.33. The Labute approximate surface area is 85.5 Å². The van der Waals surface area contributed by atoms with Crippen LogP contribution in [0.5, 0.6) is 0 Å². The van der Waals surface area contributed by atoms with E-state index in [2.05, 4.69) is 20.9 Å². The normalized spacial score (nSPS) is 12.5. The highest BCUT2D eigenvalue weighted by Crippen LogP contribution is 2.10. The van der Waals surface area contributed by atoms with Gasteiger partial charge in [-0.3, -0.25) is 9.78 Å². The van der Waals surface area contributed by atoms with E-state index < -0.39 is 6.04 Å². The molecule has 4 heteroatoms. The zero-order chi connectivity index (χ0) is 9.84. The van der Waals surface area contributed by atoms with E-state index in [1.165, 1.54) is 0 Å². The summed E-state index contributed by atoms with van der Waals surface area (Å²) < 4.78 is 0.877. The lowest BCUT2D eigenvalue weighted by molar-refractivity contribution is -0.119. The van der Waals surface area contributed by atoms with Crippen LogP contribution in [0.1, 0.15) is 12.5 Å².